The number of nitriles is 3. The number of methoxy groups -OCH3 is 1. The topological polar surface area (TPSA) is 116 Å². The normalized spacial score (nSPS) is 20.3. The van der Waals surface area contributed by atoms with Crippen molar-refractivity contribution in [1.29, 1.82) is 15.8 Å². The number of hydrogen-bond acceptors (Lipinski definition) is 6. The highest BCUT2D eigenvalue weighted by atomic mass is 16.5. The van der Waals surface area contributed by atoms with E-state index in [-0.39, 0.29) is 17.2 Å². The summed E-state index contributed by atoms with van der Waals surface area (Å²) in [6, 6.07) is 16.4. The summed E-state index contributed by atoms with van der Waals surface area (Å²) in [4.78, 5) is 0. The molecule has 0 unspecified atom stereocenters. The molecule has 4 rings (SSSR count). The van der Waals surface area contributed by atoms with Gasteiger partial charge in [-0.1, -0.05) is 29.8 Å². The maximum absolute atomic E-state index is 10.2. The van der Waals surface area contributed by atoms with Crippen molar-refractivity contribution in [2.45, 2.75) is 52.6 Å². The number of fused-ring (bicyclic) bond motifs is 1. The summed E-state index contributed by atoms with van der Waals surface area (Å²) < 4.78 is 11.9. The summed E-state index contributed by atoms with van der Waals surface area (Å²) >= 11 is 0. The first-order valence-electron chi connectivity index (χ1n) is 12.1. The SMILES string of the molecule is COc1cc([C@@H]2[C@@H]3CCCC=C3C(C#N)=C(N)C2(C#N)C#N)ccc1OCc1c(C)cc(C)cc1C. The zero-order chi connectivity index (χ0) is 26.0. The van der Waals surface area contributed by atoms with Crippen LogP contribution in [0.5, 0.6) is 11.5 Å². The summed E-state index contributed by atoms with van der Waals surface area (Å²) in [5, 5.41) is 30.3. The quantitative estimate of drug-likeness (QED) is 0.581. The van der Waals surface area contributed by atoms with Crippen LogP contribution in [0.1, 0.15) is 53.0 Å². The van der Waals surface area contributed by atoms with E-state index in [1.807, 2.05) is 24.3 Å². The molecule has 0 spiro atoms. The molecule has 0 fully saturated rings. The van der Waals surface area contributed by atoms with Gasteiger partial charge in [-0.3, -0.25) is 0 Å². The van der Waals surface area contributed by atoms with Crippen molar-refractivity contribution in [3.63, 3.8) is 0 Å². The number of allylic oxidation sites excluding steroid dienone is 4. The molecule has 0 saturated carbocycles. The highest BCUT2D eigenvalue weighted by Crippen LogP contribution is 2.56. The number of ether oxygens (including phenoxy) is 2. The monoisotopic (exact) mass is 478 g/mol. The highest BCUT2D eigenvalue weighted by molar-refractivity contribution is 5.60. The minimum atomic E-state index is -1.64. The molecule has 0 radical (unpaired) electrons. The number of aryl methyl sites for hydroxylation is 3. The first-order chi connectivity index (χ1) is 17.3. The van der Waals surface area contributed by atoms with Crippen molar-refractivity contribution in [3.05, 3.63) is 81.1 Å². The van der Waals surface area contributed by atoms with Gasteiger partial charge in [0.15, 0.2) is 16.9 Å². The molecule has 0 heterocycles. The Kier molecular flexibility index (Phi) is 6.78. The van der Waals surface area contributed by atoms with Crippen LogP contribution < -0.4 is 15.2 Å². The molecule has 0 aliphatic heterocycles. The van der Waals surface area contributed by atoms with Crippen LogP contribution in [0, 0.1) is 66.1 Å². The van der Waals surface area contributed by atoms with Crippen LogP contribution in [0.3, 0.4) is 0 Å². The molecule has 0 bridgehead atoms. The Morgan fingerprint density at radius 2 is 1.72 bits per heavy atom. The number of benzene rings is 2. The van der Waals surface area contributed by atoms with Crippen LogP contribution in [-0.4, -0.2) is 7.11 Å². The molecule has 6 heteroatoms. The van der Waals surface area contributed by atoms with Gasteiger partial charge in [-0.25, -0.2) is 0 Å². The van der Waals surface area contributed by atoms with Crippen LogP contribution in [0.4, 0.5) is 0 Å². The summed E-state index contributed by atoms with van der Waals surface area (Å²) in [5.74, 6) is 0.418. The second kappa shape index (κ2) is 9.80. The first kappa shape index (κ1) is 24.9. The Morgan fingerprint density at radius 1 is 1.03 bits per heavy atom. The molecule has 2 aromatic rings. The Balaban J connectivity index is 1.76. The number of nitrogens with zero attached hydrogens (tertiary/aromatic N) is 3. The molecular weight excluding hydrogens is 448 g/mol. The lowest BCUT2D eigenvalue weighted by Gasteiger charge is -2.43. The van der Waals surface area contributed by atoms with Crippen molar-refractivity contribution >= 4 is 0 Å². The van der Waals surface area contributed by atoms with Crippen molar-refractivity contribution in [3.8, 4) is 29.7 Å². The zero-order valence-corrected chi connectivity index (χ0v) is 21.2. The van der Waals surface area contributed by atoms with E-state index < -0.39 is 11.3 Å². The second-order valence-corrected chi connectivity index (χ2v) is 9.68. The van der Waals surface area contributed by atoms with E-state index in [0.717, 1.165) is 36.0 Å². The van der Waals surface area contributed by atoms with E-state index in [9.17, 15) is 15.8 Å². The van der Waals surface area contributed by atoms with E-state index in [1.165, 1.54) is 16.7 Å². The predicted molar refractivity (Wildman–Crippen MR) is 137 cm³/mol. The predicted octanol–water partition coefficient (Wildman–Crippen LogP) is 5.79. The van der Waals surface area contributed by atoms with Gasteiger partial charge in [0.05, 0.1) is 30.5 Å². The van der Waals surface area contributed by atoms with Gasteiger partial charge in [-0.05, 0) is 85.9 Å². The summed E-state index contributed by atoms with van der Waals surface area (Å²) in [5.41, 5.74) is 11.4. The Labute approximate surface area is 212 Å². The van der Waals surface area contributed by atoms with E-state index >= 15 is 0 Å². The van der Waals surface area contributed by atoms with Gasteiger partial charge in [0.2, 0.25) is 0 Å². The minimum Gasteiger partial charge on any atom is -0.493 e. The van der Waals surface area contributed by atoms with E-state index in [1.54, 1.807) is 7.11 Å². The number of nitrogens with two attached hydrogens (primary N) is 1. The molecule has 0 saturated heterocycles. The van der Waals surface area contributed by atoms with Gasteiger partial charge in [0.1, 0.15) is 12.7 Å². The van der Waals surface area contributed by atoms with Crippen LogP contribution in [0.25, 0.3) is 0 Å². The molecule has 2 aromatic carbocycles. The molecule has 2 N–H and O–H groups in total. The van der Waals surface area contributed by atoms with Gasteiger partial charge in [-0.2, -0.15) is 15.8 Å². The third kappa shape index (κ3) is 3.98. The van der Waals surface area contributed by atoms with E-state index in [2.05, 4.69) is 51.1 Å². The average molecular weight is 479 g/mol. The molecule has 6 nitrogen and oxygen atoms in total. The summed E-state index contributed by atoms with van der Waals surface area (Å²) in [7, 11) is 1.57. The van der Waals surface area contributed by atoms with Crippen molar-refractivity contribution in [1.82, 2.24) is 0 Å². The van der Waals surface area contributed by atoms with Crippen LogP contribution in [0.2, 0.25) is 0 Å². The Morgan fingerprint density at radius 3 is 2.33 bits per heavy atom. The smallest absolute Gasteiger partial charge is 0.191 e. The molecule has 0 amide bonds. The van der Waals surface area contributed by atoms with Crippen molar-refractivity contribution in [2.24, 2.45) is 17.1 Å². The second-order valence-electron chi connectivity index (χ2n) is 9.68. The first-order valence-corrected chi connectivity index (χ1v) is 12.1. The fourth-order valence-corrected chi connectivity index (χ4v) is 5.83. The Bertz CT molecular complexity index is 1360. The van der Waals surface area contributed by atoms with Gasteiger partial charge >= 0.3 is 0 Å². The molecule has 0 aromatic heterocycles. The molecule has 2 atom stereocenters. The Hall–Kier alpha value is -4.21. The fraction of sp³-hybridized carbons (Fsp3) is 0.367. The lowest BCUT2D eigenvalue weighted by molar-refractivity contribution is 0.281. The molecular formula is C30H30N4O2. The van der Waals surface area contributed by atoms with Crippen LogP contribution in [0.15, 0.2) is 53.3 Å². The van der Waals surface area contributed by atoms with Crippen LogP contribution >= 0.6 is 0 Å². The maximum Gasteiger partial charge on any atom is 0.191 e. The highest BCUT2D eigenvalue weighted by Gasteiger charge is 2.53. The molecule has 182 valence electrons. The van der Waals surface area contributed by atoms with Gasteiger partial charge in [0, 0.05) is 5.92 Å². The van der Waals surface area contributed by atoms with E-state index in [4.69, 9.17) is 15.2 Å². The lowest BCUT2D eigenvalue weighted by Crippen LogP contribution is -2.42. The minimum absolute atomic E-state index is 0.0361. The van der Waals surface area contributed by atoms with Crippen molar-refractivity contribution in [2.75, 3.05) is 7.11 Å². The van der Waals surface area contributed by atoms with Gasteiger partial charge < -0.3 is 15.2 Å². The van der Waals surface area contributed by atoms with Crippen LogP contribution in [-0.2, 0) is 6.61 Å². The standard InChI is InChI=1S/C30H30N4O2/c1-18-11-19(2)25(20(3)12-18)15-36-26-10-9-21(13-27(26)35-4)28-23-8-6-5-7-22(23)24(14-31)29(34)30(28,16-32)17-33/h7,9-13,23,28H,5-6,8,15,34H2,1-4H3/t23-,28-/m1/s1. The molecule has 2 aliphatic rings. The number of rotatable bonds is 5. The summed E-state index contributed by atoms with van der Waals surface area (Å²) in [6.45, 7) is 6.63. The number of hydrogen-bond donors (Lipinski definition) is 1. The third-order valence-electron chi connectivity index (χ3n) is 7.56. The van der Waals surface area contributed by atoms with E-state index in [0.29, 0.717) is 18.1 Å². The summed E-state index contributed by atoms with van der Waals surface area (Å²) in [6.07, 6.45) is 4.57. The molecule has 36 heavy (non-hydrogen) atoms. The van der Waals surface area contributed by atoms with Gasteiger partial charge in [0.25, 0.3) is 0 Å². The fourth-order valence-electron chi connectivity index (χ4n) is 5.83. The van der Waals surface area contributed by atoms with Crippen molar-refractivity contribution < 1.29 is 9.47 Å². The third-order valence-corrected chi connectivity index (χ3v) is 7.56. The lowest BCUT2D eigenvalue weighted by atomic mass is 9.57. The maximum atomic E-state index is 10.2. The zero-order valence-electron chi connectivity index (χ0n) is 21.2. The van der Waals surface area contributed by atoms with Gasteiger partial charge in [-0.15, -0.1) is 0 Å². The molecule has 2 aliphatic carbocycles. The average Bonchev–Trinajstić information content (AvgIpc) is 2.87. The largest absolute Gasteiger partial charge is 0.493 e.